The van der Waals surface area contributed by atoms with E-state index in [2.05, 4.69) is 25.9 Å². The summed E-state index contributed by atoms with van der Waals surface area (Å²) in [6, 6.07) is 8.50. The minimum Gasteiger partial charge on any atom is -0.495 e. The second kappa shape index (κ2) is 10.9. The van der Waals surface area contributed by atoms with Gasteiger partial charge in [-0.05, 0) is 49.9 Å². The van der Waals surface area contributed by atoms with Crippen molar-refractivity contribution in [3.8, 4) is 28.4 Å². The van der Waals surface area contributed by atoms with Crippen LogP contribution >= 0.6 is 0 Å². The van der Waals surface area contributed by atoms with E-state index in [4.69, 9.17) is 9.47 Å². The second-order valence-electron chi connectivity index (χ2n) is 8.36. The third kappa shape index (κ3) is 5.59. The van der Waals surface area contributed by atoms with Crippen LogP contribution in [-0.2, 0) is 12.7 Å². The summed E-state index contributed by atoms with van der Waals surface area (Å²) < 4.78 is 52.7. The van der Waals surface area contributed by atoms with Crippen molar-refractivity contribution in [3.63, 3.8) is 0 Å². The van der Waals surface area contributed by atoms with Crippen molar-refractivity contribution in [3.05, 3.63) is 77.2 Å². The summed E-state index contributed by atoms with van der Waals surface area (Å²) in [5.41, 5.74) is 2.08. The van der Waals surface area contributed by atoms with Gasteiger partial charge in [0.15, 0.2) is 0 Å². The maximum absolute atomic E-state index is 13.5. The largest absolute Gasteiger partial charge is 0.495 e. The predicted molar refractivity (Wildman–Crippen MR) is 135 cm³/mol. The molecule has 38 heavy (non-hydrogen) atoms. The average molecular weight is 527 g/mol. The number of anilines is 1. The normalized spacial score (nSPS) is 11.3. The molecule has 0 bridgehead atoms. The molecule has 0 spiro atoms. The van der Waals surface area contributed by atoms with Crippen LogP contribution in [0.15, 0.2) is 55.0 Å². The molecule has 0 aliphatic rings. The highest BCUT2D eigenvalue weighted by Gasteiger charge is 2.33. The molecule has 12 heteroatoms. The number of alkyl halides is 3. The summed E-state index contributed by atoms with van der Waals surface area (Å²) in [5.74, 6) is 0.0901. The van der Waals surface area contributed by atoms with Crippen molar-refractivity contribution < 1.29 is 27.4 Å². The summed E-state index contributed by atoms with van der Waals surface area (Å²) in [6.07, 6.45) is 0.272. The number of benzene rings is 2. The number of halogens is 3. The van der Waals surface area contributed by atoms with E-state index in [0.717, 1.165) is 17.7 Å². The Hall–Kier alpha value is -4.45. The number of pyridine rings is 1. The molecular formula is C26H25F3N6O3. The quantitative estimate of drug-likeness (QED) is 0.345. The molecular weight excluding hydrogens is 501 g/mol. The molecule has 198 valence electrons. The van der Waals surface area contributed by atoms with Crippen molar-refractivity contribution >= 4 is 11.6 Å². The Morgan fingerprint density at radius 3 is 2.55 bits per heavy atom. The fourth-order valence-electron chi connectivity index (χ4n) is 3.88. The highest BCUT2D eigenvalue weighted by atomic mass is 19.4. The lowest BCUT2D eigenvalue weighted by Gasteiger charge is -2.18. The van der Waals surface area contributed by atoms with Crippen LogP contribution in [0.1, 0.15) is 27.0 Å². The lowest BCUT2D eigenvalue weighted by molar-refractivity contribution is -0.137. The van der Waals surface area contributed by atoms with Gasteiger partial charge in [0.05, 0.1) is 43.6 Å². The summed E-state index contributed by atoms with van der Waals surface area (Å²) in [6.45, 7) is 1.95. The van der Waals surface area contributed by atoms with Gasteiger partial charge < -0.3 is 20.1 Å². The van der Waals surface area contributed by atoms with E-state index < -0.39 is 17.6 Å². The van der Waals surface area contributed by atoms with Crippen molar-refractivity contribution in [2.24, 2.45) is 0 Å². The van der Waals surface area contributed by atoms with Crippen LogP contribution in [0.25, 0.3) is 16.9 Å². The van der Waals surface area contributed by atoms with Crippen LogP contribution in [-0.4, -0.2) is 47.2 Å². The number of carbonyl (C=O) groups excluding carboxylic acids is 1. The Morgan fingerprint density at radius 1 is 1.08 bits per heavy atom. The Labute approximate surface area is 216 Å². The average Bonchev–Trinajstić information content (AvgIpc) is 3.38. The lowest BCUT2D eigenvalue weighted by Crippen LogP contribution is -2.17. The summed E-state index contributed by atoms with van der Waals surface area (Å²) >= 11 is 0. The van der Waals surface area contributed by atoms with Gasteiger partial charge in [-0.3, -0.25) is 9.78 Å². The molecule has 0 unspecified atom stereocenters. The molecule has 2 heterocycles. The fourth-order valence-corrected chi connectivity index (χ4v) is 3.88. The maximum Gasteiger partial charge on any atom is 0.416 e. The third-order valence-electron chi connectivity index (χ3n) is 5.77. The van der Waals surface area contributed by atoms with Gasteiger partial charge in [-0.25, -0.2) is 4.68 Å². The minimum atomic E-state index is -4.60. The topological polar surface area (TPSA) is 103 Å². The smallest absolute Gasteiger partial charge is 0.416 e. The number of aryl methyl sites for hydroxylation is 1. The van der Waals surface area contributed by atoms with Crippen molar-refractivity contribution in [2.45, 2.75) is 19.6 Å². The molecule has 4 aromatic rings. The molecule has 2 aromatic heterocycles. The van der Waals surface area contributed by atoms with E-state index in [-0.39, 0.29) is 29.1 Å². The lowest BCUT2D eigenvalue weighted by atomic mass is 10.1. The van der Waals surface area contributed by atoms with Crippen molar-refractivity contribution in [2.75, 3.05) is 26.6 Å². The summed E-state index contributed by atoms with van der Waals surface area (Å²) in [4.78, 5) is 17.3. The van der Waals surface area contributed by atoms with E-state index >= 15 is 0 Å². The van der Waals surface area contributed by atoms with E-state index in [1.54, 1.807) is 49.9 Å². The van der Waals surface area contributed by atoms with Gasteiger partial charge in [-0.2, -0.15) is 13.2 Å². The monoisotopic (exact) mass is 526 g/mol. The number of hydrogen-bond acceptors (Lipinski definition) is 7. The molecule has 2 N–H and O–H groups in total. The van der Waals surface area contributed by atoms with Gasteiger partial charge >= 0.3 is 6.18 Å². The van der Waals surface area contributed by atoms with Crippen molar-refractivity contribution in [1.29, 1.82) is 0 Å². The SMILES string of the molecule is CNCc1cc(C(F)(F)F)cc(NC(=O)c2ccc(C)c(-n3cc(-c4cncc(OC)c4)nn3)c2)c1OC. The number of nitrogens with zero attached hydrogens (tertiary/aromatic N) is 4. The third-order valence-corrected chi connectivity index (χ3v) is 5.77. The molecule has 0 saturated carbocycles. The van der Waals surface area contributed by atoms with Gasteiger partial charge in [0, 0.05) is 29.4 Å². The number of nitrogens with one attached hydrogen (secondary N) is 2. The fraction of sp³-hybridized carbons (Fsp3) is 0.231. The molecule has 1 amide bonds. The molecule has 9 nitrogen and oxygen atoms in total. The van der Waals surface area contributed by atoms with Gasteiger partial charge in [0.25, 0.3) is 5.91 Å². The van der Waals surface area contributed by atoms with Crippen LogP contribution in [0.2, 0.25) is 0 Å². The summed E-state index contributed by atoms with van der Waals surface area (Å²) in [5, 5.41) is 13.8. The van der Waals surface area contributed by atoms with Gasteiger partial charge in [-0.15, -0.1) is 5.10 Å². The molecule has 0 aliphatic heterocycles. The van der Waals surface area contributed by atoms with Crippen molar-refractivity contribution in [1.82, 2.24) is 25.3 Å². The van der Waals surface area contributed by atoms with Gasteiger partial charge in [-0.1, -0.05) is 11.3 Å². The minimum absolute atomic E-state index is 0.0896. The number of methoxy groups -OCH3 is 2. The molecule has 0 fully saturated rings. The standard InChI is InChI=1S/C26H25F3N6O3/c1-15-5-6-16(9-23(15)35-14-22(33-34-35)17-8-20(37-3)13-31-12-17)25(36)32-21-10-19(26(27,28)29)7-18(11-30-2)24(21)38-4/h5-10,12-14,30H,11H2,1-4H3,(H,32,36). The molecule has 0 atom stereocenters. The van der Waals surface area contributed by atoms with Crippen LogP contribution < -0.4 is 20.1 Å². The van der Waals surface area contributed by atoms with Crippen LogP contribution in [0, 0.1) is 6.92 Å². The Balaban J connectivity index is 1.67. The molecule has 2 aromatic carbocycles. The number of hydrogen-bond donors (Lipinski definition) is 2. The van der Waals surface area contributed by atoms with E-state index in [1.807, 2.05) is 6.92 Å². The number of amides is 1. The zero-order chi connectivity index (χ0) is 27.4. The Bertz CT molecular complexity index is 1470. The number of ether oxygens (including phenoxy) is 2. The first kappa shape index (κ1) is 26.6. The van der Waals surface area contributed by atoms with Gasteiger partial charge in [0.2, 0.25) is 0 Å². The molecule has 4 rings (SSSR count). The van der Waals surface area contributed by atoms with Gasteiger partial charge in [0.1, 0.15) is 17.2 Å². The zero-order valence-electron chi connectivity index (χ0n) is 21.1. The predicted octanol–water partition coefficient (Wildman–Crippen LogP) is 4.65. The highest BCUT2D eigenvalue weighted by Crippen LogP contribution is 2.38. The van der Waals surface area contributed by atoms with E-state index in [0.29, 0.717) is 22.7 Å². The van der Waals surface area contributed by atoms with Crippen LogP contribution in [0.5, 0.6) is 11.5 Å². The zero-order valence-corrected chi connectivity index (χ0v) is 21.1. The van der Waals surface area contributed by atoms with Crippen LogP contribution in [0.3, 0.4) is 0 Å². The first-order valence-corrected chi connectivity index (χ1v) is 11.4. The number of aromatic nitrogens is 4. The maximum atomic E-state index is 13.5. The summed E-state index contributed by atoms with van der Waals surface area (Å²) in [7, 11) is 4.47. The number of rotatable bonds is 8. The number of carbonyl (C=O) groups is 1. The second-order valence-corrected chi connectivity index (χ2v) is 8.36. The van der Waals surface area contributed by atoms with Crippen LogP contribution in [0.4, 0.5) is 18.9 Å². The van der Waals surface area contributed by atoms with E-state index in [1.165, 1.54) is 18.9 Å². The molecule has 0 aliphatic carbocycles. The molecule has 0 radical (unpaired) electrons. The Kier molecular flexibility index (Phi) is 7.62. The Morgan fingerprint density at radius 2 is 1.87 bits per heavy atom. The highest BCUT2D eigenvalue weighted by molar-refractivity contribution is 6.05. The first-order chi connectivity index (χ1) is 18.1. The first-order valence-electron chi connectivity index (χ1n) is 11.4. The van der Waals surface area contributed by atoms with E-state index in [9.17, 15) is 18.0 Å². The molecule has 0 saturated heterocycles.